The number of aliphatic carboxylic acids is 1. The van der Waals surface area contributed by atoms with E-state index in [4.69, 9.17) is 4.74 Å². The minimum absolute atomic E-state index is 0.112. The summed E-state index contributed by atoms with van der Waals surface area (Å²) in [6, 6.07) is 11.5. The minimum atomic E-state index is -1.08. The average molecular weight is 341 g/mol. The summed E-state index contributed by atoms with van der Waals surface area (Å²) in [5.74, 6) is -0.678. The third kappa shape index (κ3) is 5.08. The third-order valence-corrected chi connectivity index (χ3v) is 4.02. The first kappa shape index (κ1) is 18.5. The van der Waals surface area contributed by atoms with Crippen LogP contribution in [0.1, 0.15) is 35.2 Å². The Bertz CT molecular complexity index is 753. The normalized spacial score (nSPS) is 11.6. The first-order valence-corrected chi connectivity index (χ1v) is 8.21. The zero-order valence-corrected chi connectivity index (χ0v) is 14.7. The Morgan fingerprint density at radius 1 is 1.08 bits per heavy atom. The van der Waals surface area contributed by atoms with E-state index in [1.165, 1.54) is 0 Å². The number of rotatable bonds is 7. The van der Waals surface area contributed by atoms with Gasteiger partial charge in [-0.2, -0.15) is 0 Å². The van der Waals surface area contributed by atoms with E-state index in [0.717, 1.165) is 22.4 Å². The predicted octanol–water partition coefficient (Wildman–Crippen LogP) is 3.19. The second-order valence-electron chi connectivity index (χ2n) is 5.94. The largest absolute Gasteiger partial charge is 0.494 e. The van der Waals surface area contributed by atoms with Crippen LogP contribution in [0, 0.1) is 13.8 Å². The van der Waals surface area contributed by atoms with E-state index in [0.29, 0.717) is 12.2 Å². The molecule has 0 aromatic heterocycles. The molecular weight excluding hydrogens is 318 g/mol. The Morgan fingerprint density at radius 3 is 2.32 bits per heavy atom. The Labute approximate surface area is 147 Å². The molecule has 132 valence electrons. The molecule has 0 aliphatic carbocycles. The van der Waals surface area contributed by atoms with Crippen LogP contribution in [-0.2, 0) is 16.0 Å². The van der Waals surface area contributed by atoms with Crippen molar-refractivity contribution < 1.29 is 19.4 Å². The summed E-state index contributed by atoms with van der Waals surface area (Å²) in [5.41, 5.74) is 3.43. The van der Waals surface area contributed by atoms with Gasteiger partial charge in [0.05, 0.1) is 13.0 Å². The van der Waals surface area contributed by atoms with Crippen molar-refractivity contribution in [1.82, 2.24) is 5.32 Å². The van der Waals surface area contributed by atoms with Gasteiger partial charge in [0.2, 0.25) is 5.91 Å². The summed E-state index contributed by atoms with van der Waals surface area (Å²) in [6.45, 7) is 6.36. The lowest BCUT2D eigenvalue weighted by Crippen LogP contribution is -2.34. The maximum atomic E-state index is 12.3. The maximum Gasteiger partial charge on any atom is 0.330 e. The number of carbonyl (C=O) groups is 2. The number of carboxylic acids is 1. The van der Waals surface area contributed by atoms with Gasteiger partial charge in [-0.05, 0) is 55.2 Å². The molecule has 2 aromatic carbocycles. The maximum absolute atomic E-state index is 12.3. The van der Waals surface area contributed by atoms with Crippen LogP contribution in [0.2, 0.25) is 0 Å². The number of benzene rings is 2. The van der Waals surface area contributed by atoms with E-state index in [-0.39, 0.29) is 12.3 Å². The summed E-state index contributed by atoms with van der Waals surface area (Å²) in [7, 11) is 0. The number of ether oxygens (including phenoxy) is 1. The number of nitrogens with one attached hydrogen (secondary N) is 1. The van der Waals surface area contributed by atoms with Crippen molar-refractivity contribution >= 4 is 11.9 Å². The smallest absolute Gasteiger partial charge is 0.330 e. The van der Waals surface area contributed by atoms with Crippen LogP contribution in [0.15, 0.2) is 42.5 Å². The van der Waals surface area contributed by atoms with Crippen LogP contribution >= 0.6 is 0 Å². The number of aryl methyl sites for hydroxylation is 2. The lowest BCUT2D eigenvalue weighted by Gasteiger charge is -2.16. The van der Waals surface area contributed by atoms with Gasteiger partial charge in [0.1, 0.15) is 5.75 Å². The van der Waals surface area contributed by atoms with Crippen LogP contribution in [0.25, 0.3) is 0 Å². The highest BCUT2D eigenvalue weighted by Crippen LogP contribution is 2.18. The Balaban J connectivity index is 2.07. The Kier molecular flexibility index (Phi) is 6.17. The molecule has 0 radical (unpaired) electrons. The second-order valence-corrected chi connectivity index (χ2v) is 5.94. The highest BCUT2D eigenvalue weighted by molar-refractivity contribution is 5.85. The SMILES string of the molecule is CCOc1ccc(CC(=O)NC(C(=O)O)c2ccc(C)c(C)c2)cc1. The molecule has 1 unspecified atom stereocenters. The van der Waals surface area contributed by atoms with Gasteiger partial charge in [-0.1, -0.05) is 30.3 Å². The van der Waals surface area contributed by atoms with Crippen molar-refractivity contribution in [1.29, 1.82) is 0 Å². The molecule has 0 spiro atoms. The molecule has 2 aromatic rings. The fraction of sp³-hybridized carbons (Fsp3) is 0.300. The van der Waals surface area contributed by atoms with Gasteiger partial charge in [0, 0.05) is 0 Å². The average Bonchev–Trinajstić information content (AvgIpc) is 2.57. The van der Waals surface area contributed by atoms with Gasteiger partial charge in [0.25, 0.3) is 0 Å². The van der Waals surface area contributed by atoms with Gasteiger partial charge < -0.3 is 15.2 Å². The van der Waals surface area contributed by atoms with Gasteiger partial charge in [0.15, 0.2) is 6.04 Å². The fourth-order valence-electron chi connectivity index (χ4n) is 2.50. The topological polar surface area (TPSA) is 75.6 Å². The second kappa shape index (κ2) is 8.33. The zero-order chi connectivity index (χ0) is 18.4. The standard InChI is InChI=1S/C20H23NO4/c1-4-25-17-9-6-15(7-10-17)12-18(22)21-19(20(23)24)16-8-5-13(2)14(3)11-16/h5-11,19H,4,12H2,1-3H3,(H,21,22)(H,23,24). The van der Waals surface area contributed by atoms with Crippen LogP contribution in [-0.4, -0.2) is 23.6 Å². The van der Waals surface area contributed by atoms with Crippen molar-refractivity contribution in [3.8, 4) is 5.75 Å². The molecule has 1 amide bonds. The van der Waals surface area contributed by atoms with Crippen molar-refractivity contribution in [2.75, 3.05) is 6.61 Å². The lowest BCUT2D eigenvalue weighted by molar-refractivity contribution is -0.141. The van der Waals surface area contributed by atoms with Crippen LogP contribution in [0.5, 0.6) is 5.75 Å². The van der Waals surface area contributed by atoms with Gasteiger partial charge in [-0.15, -0.1) is 0 Å². The molecule has 0 heterocycles. The van der Waals surface area contributed by atoms with Crippen molar-refractivity contribution in [2.45, 2.75) is 33.2 Å². The first-order valence-electron chi connectivity index (χ1n) is 8.21. The summed E-state index contributed by atoms with van der Waals surface area (Å²) < 4.78 is 5.36. The molecule has 5 heteroatoms. The molecular formula is C20H23NO4. The summed E-state index contributed by atoms with van der Waals surface area (Å²) in [4.78, 5) is 23.8. The summed E-state index contributed by atoms with van der Waals surface area (Å²) in [6.07, 6.45) is 0.112. The van der Waals surface area contributed by atoms with Crippen LogP contribution in [0.4, 0.5) is 0 Å². The number of amides is 1. The van der Waals surface area contributed by atoms with E-state index in [1.54, 1.807) is 36.4 Å². The Hall–Kier alpha value is -2.82. The molecule has 0 bridgehead atoms. The van der Waals surface area contributed by atoms with Crippen molar-refractivity contribution in [3.63, 3.8) is 0 Å². The molecule has 25 heavy (non-hydrogen) atoms. The molecule has 0 aliphatic heterocycles. The monoisotopic (exact) mass is 341 g/mol. The van der Waals surface area contributed by atoms with Crippen molar-refractivity contribution in [3.05, 3.63) is 64.7 Å². The van der Waals surface area contributed by atoms with Crippen LogP contribution in [0.3, 0.4) is 0 Å². The van der Waals surface area contributed by atoms with E-state index in [2.05, 4.69) is 5.32 Å². The number of carboxylic acid groups (broad SMARTS) is 1. The molecule has 0 aliphatic rings. The lowest BCUT2D eigenvalue weighted by atomic mass is 10.0. The molecule has 5 nitrogen and oxygen atoms in total. The number of hydrogen-bond acceptors (Lipinski definition) is 3. The van der Waals surface area contributed by atoms with Gasteiger partial charge >= 0.3 is 5.97 Å². The van der Waals surface area contributed by atoms with E-state index >= 15 is 0 Å². The third-order valence-electron chi connectivity index (χ3n) is 4.02. The number of hydrogen-bond donors (Lipinski definition) is 2. The first-order chi connectivity index (χ1) is 11.9. The molecule has 1 atom stereocenters. The van der Waals surface area contributed by atoms with Gasteiger partial charge in [-0.25, -0.2) is 4.79 Å². The molecule has 0 saturated heterocycles. The molecule has 0 fully saturated rings. The quantitative estimate of drug-likeness (QED) is 0.811. The zero-order valence-electron chi connectivity index (χ0n) is 14.7. The molecule has 2 N–H and O–H groups in total. The van der Waals surface area contributed by atoms with Crippen LogP contribution < -0.4 is 10.1 Å². The highest BCUT2D eigenvalue weighted by atomic mass is 16.5. The summed E-state index contributed by atoms with van der Waals surface area (Å²) in [5, 5.41) is 12.1. The van der Waals surface area contributed by atoms with E-state index < -0.39 is 12.0 Å². The number of carbonyl (C=O) groups excluding carboxylic acids is 1. The summed E-state index contributed by atoms with van der Waals surface area (Å²) >= 11 is 0. The van der Waals surface area contributed by atoms with E-state index in [9.17, 15) is 14.7 Å². The predicted molar refractivity (Wildman–Crippen MR) is 95.8 cm³/mol. The van der Waals surface area contributed by atoms with Crippen molar-refractivity contribution in [2.24, 2.45) is 0 Å². The molecule has 2 rings (SSSR count). The van der Waals surface area contributed by atoms with Gasteiger partial charge in [-0.3, -0.25) is 4.79 Å². The minimum Gasteiger partial charge on any atom is -0.494 e. The molecule has 0 saturated carbocycles. The Morgan fingerprint density at radius 2 is 1.76 bits per heavy atom. The fourth-order valence-corrected chi connectivity index (χ4v) is 2.50. The van der Waals surface area contributed by atoms with E-state index in [1.807, 2.05) is 26.8 Å². The highest BCUT2D eigenvalue weighted by Gasteiger charge is 2.22.